The van der Waals surface area contributed by atoms with Crippen molar-refractivity contribution in [1.29, 1.82) is 0 Å². The quantitative estimate of drug-likeness (QED) is 0.814. The number of nitrogens with one attached hydrogen (secondary N) is 1. The maximum absolute atomic E-state index is 11.9. The van der Waals surface area contributed by atoms with E-state index in [0.717, 1.165) is 23.7 Å². The van der Waals surface area contributed by atoms with Crippen molar-refractivity contribution in [2.75, 3.05) is 11.9 Å². The van der Waals surface area contributed by atoms with Crippen LogP contribution in [0, 0.1) is 0 Å². The van der Waals surface area contributed by atoms with Crippen LogP contribution in [-0.4, -0.2) is 29.2 Å². The van der Waals surface area contributed by atoms with Crippen molar-refractivity contribution < 1.29 is 19.4 Å². The van der Waals surface area contributed by atoms with Crippen molar-refractivity contribution in [3.05, 3.63) is 28.7 Å². The standard InChI is InChI=1S/C15H18BrNO4/c16-11-4-6-12(7-5-11)17-13(18)10-21-14(19)15(20)8-2-1-3-9-15/h4-7,20H,1-3,8-10H2,(H,17,18). The van der Waals surface area contributed by atoms with E-state index in [1.807, 2.05) is 0 Å². The van der Waals surface area contributed by atoms with Gasteiger partial charge in [0.2, 0.25) is 0 Å². The van der Waals surface area contributed by atoms with E-state index in [1.165, 1.54) is 0 Å². The molecule has 1 saturated carbocycles. The molecular weight excluding hydrogens is 338 g/mol. The lowest BCUT2D eigenvalue weighted by Gasteiger charge is -2.29. The highest BCUT2D eigenvalue weighted by Gasteiger charge is 2.38. The lowest BCUT2D eigenvalue weighted by Crippen LogP contribution is -2.42. The minimum Gasteiger partial charge on any atom is -0.453 e. The third kappa shape index (κ3) is 4.54. The van der Waals surface area contributed by atoms with Crippen LogP contribution < -0.4 is 5.32 Å². The summed E-state index contributed by atoms with van der Waals surface area (Å²) in [6.07, 6.45) is 3.42. The van der Waals surface area contributed by atoms with Gasteiger partial charge in [0.1, 0.15) is 0 Å². The zero-order valence-corrected chi connectivity index (χ0v) is 13.2. The minimum atomic E-state index is -1.42. The molecule has 0 aromatic heterocycles. The van der Waals surface area contributed by atoms with Crippen LogP contribution in [0.5, 0.6) is 0 Å². The first kappa shape index (κ1) is 16.0. The zero-order valence-electron chi connectivity index (χ0n) is 11.6. The van der Waals surface area contributed by atoms with Crippen molar-refractivity contribution in [2.24, 2.45) is 0 Å². The molecule has 1 aromatic carbocycles. The fourth-order valence-corrected chi connectivity index (χ4v) is 2.60. The Balaban J connectivity index is 1.80. The third-order valence-electron chi connectivity index (χ3n) is 3.52. The number of benzene rings is 1. The Kier molecular flexibility index (Phi) is 5.36. The van der Waals surface area contributed by atoms with Crippen molar-refractivity contribution in [1.82, 2.24) is 0 Å². The minimum absolute atomic E-state index is 0.392. The molecule has 1 amide bonds. The topological polar surface area (TPSA) is 75.6 Å². The SMILES string of the molecule is O=C(COC(=O)C1(O)CCCCC1)Nc1ccc(Br)cc1. The van der Waals surface area contributed by atoms with Crippen LogP contribution >= 0.6 is 15.9 Å². The Morgan fingerprint density at radius 1 is 1.19 bits per heavy atom. The molecule has 1 fully saturated rings. The van der Waals surface area contributed by atoms with Gasteiger partial charge in [0.05, 0.1) is 0 Å². The van der Waals surface area contributed by atoms with Gasteiger partial charge in [-0.05, 0) is 49.9 Å². The van der Waals surface area contributed by atoms with E-state index >= 15 is 0 Å². The summed E-state index contributed by atoms with van der Waals surface area (Å²) in [5, 5.41) is 12.8. The van der Waals surface area contributed by atoms with Crippen LogP contribution in [0.15, 0.2) is 28.7 Å². The Hall–Kier alpha value is -1.40. The summed E-state index contributed by atoms with van der Waals surface area (Å²) >= 11 is 3.30. The van der Waals surface area contributed by atoms with Gasteiger partial charge in [-0.1, -0.05) is 22.4 Å². The van der Waals surface area contributed by atoms with Gasteiger partial charge in [0, 0.05) is 10.2 Å². The first-order chi connectivity index (χ1) is 9.99. The van der Waals surface area contributed by atoms with Crippen molar-refractivity contribution in [3.8, 4) is 0 Å². The summed E-state index contributed by atoms with van der Waals surface area (Å²) in [6.45, 7) is -0.392. The molecule has 0 bridgehead atoms. The lowest BCUT2D eigenvalue weighted by molar-refractivity contribution is -0.170. The monoisotopic (exact) mass is 355 g/mol. The van der Waals surface area contributed by atoms with E-state index in [0.29, 0.717) is 18.5 Å². The van der Waals surface area contributed by atoms with E-state index in [9.17, 15) is 14.7 Å². The molecule has 5 nitrogen and oxygen atoms in total. The number of hydrogen-bond acceptors (Lipinski definition) is 4. The van der Waals surface area contributed by atoms with Gasteiger partial charge in [0.25, 0.3) is 5.91 Å². The second-order valence-corrected chi connectivity index (χ2v) is 6.14. The first-order valence-electron chi connectivity index (χ1n) is 6.95. The van der Waals surface area contributed by atoms with E-state index in [1.54, 1.807) is 24.3 Å². The highest BCUT2D eigenvalue weighted by molar-refractivity contribution is 9.10. The average molecular weight is 356 g/mol. The van der Waals surface area contributed by atoms with Crippen LogP contribution in [0.25, 0.3) is 0 Å². The number of esters is 1. The molecule has 0 aliphatic heterocycles. The molecule has 2 rings (SSSR count). The molecule has 1 aliphatic carbocycles. The van der Waals surface area contributed by atoms with Gasteiger partial charge in [-0.3, -0.25) is 4.79 Å². The maximum atomic E-state index is 11.9. The summed E-state index contributed by atoms with van der Waals surface area (Å²) in [6, 6.07) is 7.07. The van der Waals surface area contributed by atoms with Crippen LogP contribution in [0.1, 0.15) is 32.1 Å². The van der Waals surface area contributed by atoms with Gasteiger partial charge in [-0.2, -0.15) is 0 Å². The van der Waals surface area contributed by atoms with Gasteiger partial charge < -0.3 is 15.2 Å². The van der Waals surface area contributed by atoms with Gasteiger partial charge >= 0.3 is 5.97 Å². The third-order valence-corrected chi connectivity index (χ3v) is 4.05. The van der Waals surface area contributed by atoms with Crippen molar-refractivity contribution >= 4 is 33.5 Å². The molecule has 0 radical (unpaired) electrons. The van der Waals surface area contributed by atoms with E-state index < -0.39 is 24.1 Å². The molecule has 0 spiro atoms. The molecule has 0 saturated heterocycles. The summed E-state index contributed by atoms with van der Waals surface area (Å²) < 4.78 is 5.84. The molecule has 6 heteroatoms. The number of aliphatic hydroxyl groups is 1. The van der Waals surface area contributed by atoms with Crippen LogP contribution in [0.4, 0.5) is 5.69 Å². The average Bonchev–Trinajstić information content (AvgIpc) is 2.48. The second kappa shape index (κ2) is 7.04. The molecule has 1 aromatic rings. The number of amides is 1. The Labute approximate surface area is 131 Å². The fraction of sp³-hybridized carbons (Fsp3) is 0.467. The summed E-state index contributed by atoms with van der Waals surface area (Å²) in [5.74, 6) is -1.13. The lowest BCUT2D eigenvalue weighted by atomic mass is 9.85. The Morgan fingerprint density at radius 2 is 1.81 bits per heavy atom. The maximum Gasteiger partial charge on any atom is 0.338 e. The van der Waals surface area contributed by atoms with Crippen LogP contribution in [0.3, 0.4) is 0 Å². The molecular formula is C15H18BrNO4. The predicted octanol–water partition coefficient (Wildman–Crippen LogP) is 2.63. The Morgan fingerprint density at radius 3 is 2.43 bits per heavy atom. The number of ether oxygens (including phenoxy) is 1. The van der Waals surface area contributed by atoms with Crippen LogP contribution in [0.2, 0.25) is 0 Å². The summed E-state index contributed by atoms with van der Waals surface area (Å²) in [7, 11) is 0. The molecule has 114 valence electrons. The largest absolute Gasteiger partial charge is 0.453 e. The van der Waals surface area contributed by atoms with Gasteiger partial charge in [-0.25, -0.2) is 4.79 Å². The summed E-state index contributed by atoms with van der Waals surface area (Å²) in [5.41, 5.74) is -0.800. The van der Waals surface area contributed by atoms with Gasteiger partial charge in [0.15, 0.2) is 12.2 Å². The number of carbonyl (C=O) groups is 2. The number of hydrogen-bond donors (Lipinski definition) is 2. The predicted molar refractivity (Wildman–Crippen MR) is 81.8 cm³/mol. The smallest absolute Gasteiger partial charge is 0.338 e. The fourth-order valence-electron chi connectivity index (χ4n) is 2.34. The molecule has 0 heterocycles. The summed E-state index contributed by atoms with van der Waals surface area (Å²) in [4.78, 5) is 23.6. The second-order valence-electron chi connectivity index (χ2n) is 5.22. The highest BCUT2D eigenvalue weighted by atomic mass is 79.9. The zero-order chi connectivity index (χ0) is 15.3. The van der Waals surface area contributed by atoms with Gasteiger partial charge in [-0.15, -0.1) is 0 Å². The number of anilines is 1. The number of rotatable bonds is 4. The normalized spacial score (nSPS) is 17.0. The van der Waals surface area contributed by atoms with E-state index in [-0.39, 0.29) is 0 Å². The highest BCUT2D eigenvalue weighted by Crippen LogP contribution is 2.29. The molecule has 2 N–H and O–H groups in total. The Bertz CT molecular complexity index is 509. The molecule has 0 unspecified atom stereocenters. The van der Waals surface area contributed by atoms with Crippen molar-refractivity contribution in [2.45, 2.75) is 37.7 Å². The number of carbonyl (C=O) groups excluding carboxylic acids is 2. The first-order valence-corrected chi connectivity index (χ1v) is 7.74. The molecule has 0 atom stereocenters. The van der Waals surface area contributed by atoms with Crippen molar-refractivity contribution in [3.63, 3.8) is 0 Å². The molecule has 1 aliphatic rings. The molecule has 21 heavy (non-hydrogen) atoms. The van der Waals surface area contributed by atoms with E-state index in [2.05, 4.69) is 21.2 Å². The number of halogens is 1. The van der Waals surface area contributed by atoms with E-state index in [4.69, 9.17) is 4.74 Å². The van der Waals surface area contributed by atoms with Crippen LogP contribution in [-0.2, 0) is 14.3 Å².